The Bertz CT molecular complexity index is 292. The van der Waals surface area contributed by atoms with Crippen LogP contribution in [-0.4, -0.2) is 19.7 Å². The Morgan fingerprint density at radius 1 is 1.19 bits per heavy atom. The Morgan fingerprint density at radius 3 is 2.25 bits per heavy atom. The highest BCUT2D eigenvalue weighted by atomic mass is 16.5. The molecule has 0 saturated carbocycles. The van der Waals surface area contributed by atoms with Gasteiger partial charge in [0.15, 0.2) is 0 Å². The average Bonchev–Trinajstić information content (AvgIpc) is 2.28. The first-order chi connectivity index (χ1) is 7.67. The fraction of sp³-hybridized carbons (Fsp3) is 0.571. The second kappa shape index (κ2) is 6.54. The molecule has 0 fully saturated rings. The van der Waals surface area contributed by atoms with Crippen LogP contribution in [-0.2, 0) is 6.42 Å². The highest BCUT2D eigenvalue weighted by molar-refractivity contribution is 5.27. The van der Waals surface area contributed by atoms with E-state index >= 15 is 0 Å². The van der Waals surface area contributed by atoms with Crippen molar-refractivity contribution < 1.29 is 4.74 Å². The maximum absolute atomic E-state index is 5.42. The molecule has 0 aliphatic rings. The summed E-state index contributed by atoms with van der Waals surface area (Å²) >= 11 is 0. The summed E-state index contributed by atoms with van der Waals surface area (Å²) in [5, 5.41) is 3.36. The van der Waals surface area contributed by atoms with E-state index in [2.05, 4.69) is 31.3 Å². The topological polar surface area (TPSA) is 21.3 Å². The highest BCUT2D eigenvalue weighted by Crippen LogP contribution is 2.15. The minimum absolute atomic E-state index is 0.540. The molecule has 0 amide bonds. The lowest BCUT2D eigenvalue weighted by Gasteiger charge is -2.20. The van der Waals surface area contributed by atoms with Crippen molar-refractivity contribution >= 4 is 0 Å². The van der Waals surface area contributed by atoms with Gasteiger partial charge in [0.05, 0.1) is 6.61 Å². The van der Waals surface area contributed by atoms with Crippen LogP contribution in [0.25, 0.3) is 0 Å². The molecule has 1 aromatic carbocycles. The van der Waals surface area contributed by atoms with Crippen LogP contribution in [0.2, 0.25) is 0 Å². The van der Waals surface area contributed by atoms with Crippen molar-refractivity contribution in [1.82, 2.24) is 5.32 Å². The van der Waals surface area contributed by atoms with Crippen molar-refractivity contribution in [3.63, 3.8) is 0 Å². The van der Waals surface area contributed by atoms with Crippen molar-refractivity contribution in [2.24, 2.45) is 5.92 Å². The molecule has 2 nitrogen and oxygen atoms in total. The molecule has 2 heteroatoms. The molecule has 16 heavy (non-hydrogen) atoms. The SMILES string of the molecule is CCOc1ccc(CC(NC)C(C)C)cc1. The van der Waals surface area contributed by atoms with E-state index in [1.807, 2.05) is 26.1 Å². The molecule has 0 spiro atoms. The first kappa shape index (κ1) is 13.0. The maximum Gasteiger partial charge on any atom is 0.119 e. The smallest absolute Gasteiger partial charge is 0.119 e. The van der Waals surface area contributed by atoms with Gasteiger partial charge in [-0.25, -0.2) is 0 Å². The lowest BCUT2D eigenvalue weighted by Crippen LogP contribution is -2.32. The number of likely N-dealkylation sites (N-methyl/N-ethyl adjacent to an activating group) is 1. The maximum atomic E-state index is 5.42. The van der Waals surface area contributed by atoms with Gasteiger partial charge in [-0.1, -0.05) is 26.0 Å². The number of nitrogens with one attached hydrogen (secondary N) is 1. The van der Waals surface area contributed by atoms with E-state index in [-0.39, 0.29) is 0 Å². The molecule has 1 rings (SSSR count). The number of hydrogen-bond acceptors (Lipinski definition) is 2. The Labute approximate surface area is 99.0 Å². The van der Waals surface area contributed by atoms with E-state index in [0.717, 1.165) is 18.8 Å². The third-order valence-corrected chi connectivity index (χ3v) is 2.87. The normalized spacial score (nSPS) is 12.8. The lowest BCUT2D eigenvalue weighted by molar-refractivity contribution is 0.340. The van der Waals surface area contributed by atoms with Crippen molar-refractivity contribution in [2.45, 2.75) is 33.2 Å². The zero-order valence-corrected chi connectivity index (χ0v) is 10.8. The van der Waals surface area contributed by atoms with E-state index < -0.39 is 0 Å². The molecule has 0 radical (unpaired) electrons. The largest absolute Gasteiger partial charge is 0.494 e. The van der Waals surface area contributed by atoms with Crippen LogP contribution in [0, 0.1) is 5.92 Å². The Kier molecular flexibility index (Phi) is 5.33. The van der Waals surface area contributed by atoms with Crippen LogP contribution in [0.3, 0.4) is 0 Å². The predicted octanol–water partition coefficient (Wildman–Crippen LogP) is 2.87. The third kappa shape index (κ3) is 3.86. The summed E-state index contributed by atoms with van der Waals surface area (Å²) in [5.74, 6) is 1.60. The van der Waals surface area contributed by atoms with Crippen molar-refractivity contribution in [3.05, 3.63) is 29.8 Å². The lowest BCUT2D eigenvalue weighted by atomic mass is 9.97. The van der Waals surface area contributed by atoms with Gasteiger partial charge in [0.1, 0.15) is 5.75 Å². The van der Waals surface area contributed by atoms with E-state index in [9.17, 15) is 0 Å². The molecule has 0 saturated heterocycles. The fourth-order valence-electron chi connectivity index (χ4n) is 1.81. The monoisotopic (exact) mass is 221 g/mol. The van der Waals surface area contributed by atoms with E-state index in [0.29, 0.717) is 12.0 Å². The van der Waals surface area contributed by atoms with Gasteiger partial charge in [-0.3, -0.25) is 0 Å². The summed E-state index contributed by atoms with van der Waals surface area (Å²) < 4.78 is 5.42. The molecule has 0 aromatic heterocycles. The van der Waals surface area contributed by atoms with Gasteiger partial charge >= 0.3 is 0 Å². The molecule has 0 aliphatic carbocycles. The van der Waals surface area contributed by atoms with Gasteiger partial charge < -0.3 is 10.1 Å². The summed E-state index contributed by atoms with van der Waals surface area (Å²) in [4.78, 5) is 0. The third-order valence-electron chi connectivity index (χ3n) is 2.87. The Hall–Kier alpha value is -1.02. The molecule has 1 unspecified atom stereocenters. The van der Waals surface area contributed by atoms with Crippen LogP contribution in [0.5, 0.6) is 5.75 Å². The van der Waals surface area contributed by atoms with Crippen molar-refractivity contribution in [3.8, 4) is 5.75 Å². The zero-order valence-electron chi connectivity index (χ0n) is 10.8. The Balaban J connectivity index is 2.60. The first-order valence-corrected chi connectivity index (χ1v) is 6.06. The standard InChI is InChI=1S/C14H23NO/c1-5-16-13-8-6-12(7-9-13)10-14(15-4)11(2)3/h6-9,11,14-15H,5,10H2,1-4H3. The molecule has 1 N–H and O–H groups in total. The number of ether oxygens (including phenoxy) is 1. The second-order valence-corrected chi connectivity index (χ2v) is 4.42. The van der Waals surface area contributed by atoms with Crippen LogP contribution >= 0.6 is 0 Å². The zero-order chi connectivity index (χ0) is 12.0. The minimum Gasteiger partial charge on any atom is -0.494 e. The van der Waals surface area contributed by atoms with E-state index in [4.69, 9.17) is 4.74 Å². The molecule has 1 aromatic rings. The summed E-state index contributed by atoms with van der Waals surface area (Å²) in [6.07, 6.45) is 1.07. The van der Waals surface area contributed by atoms with Gasteiger partial charge in [-0.05, 0) is 44.0 Å². The summed E-state index contributed by atoms with van der Waals surface area (Å²) in [5.41, 5.74) is 1.36. The fourth-order valence-corrected chi connectivity index (χ4v) is 1.81. The Morgan fingerprint density at radius 2 is 1.81 bits per heavy atom. The van der Waals surface area contributed by atoms with Crippen LogP contribution in [0.4, 0.5) is 0 Å². The van der Waals surface area contributed by atoms with Gasteiger partial charge in [0, 0.05) is 6.04 Å². The summed E-state index contributed by atoms with van der Waals surface area (Å²) in [6.45, 7) is 7.22. The van der Waals surface area contributed by atoms with Gasteiger partial charge in [0.25, 0.3) is 0 Å². The molecule has 0 heterocycles. The minimum atomic E-state index is 0.540. The molecular weight excluding hydrogens is 198 g/mol. The highest BCUT2D eigenvalue weighted by Gasteiger charge is 2.11. The van der Waals surface area contributed by atoms with E-state index in [1.54, 1.807) is 0 Å². The van der Waals surface area contributed by atoms with Crippen LogP contribution in [0.15, 0.2) is 24.3 Å². The molecule has 1 atom stereocenters. The summed E-state index contributed by atoms with van der Waals surface area (Å²) in [7, 11) is 2.03. The molecule has 0 aliphatic heterocycles. The van der Waals surface area contributed by atoms with Crippen molar-refractivity contribution in [1.29, 1.82) is 0 Å². The number of rotatable bonds is 6. The van der Waals surface area contributed by atoms with Gasteiger partial charge in [-0.2, -0.15) is 0 Å². The number of benzene rings is 1. The summed E-state index contributed by atoms with van der Waals surface area (Å²) in [6, 6.07) is 8.94. The molecule has 90 valence electrons. The van der Waals surface area contributed by atoms with Gasteiger partial charge in [-0.15, -0.1) is 0 Å². The predicted molar refractivity (Wildman–Crippen MR) is 69.0 cm³/mol. The quantitative estimate of drug-likeness (QED) is 0.797. The van der Waals surface area contributed by atoms with Crippen LogP contribution < -0.4 is 10.1 Å². The van der Waals surface area contributed by atoms with Crippen molar-refractivity contribution in [2.75, 3.05) is 13.7 Å². The van der Waals surface area contributed by atoms with E-state index in [1.165, 1.54) is 5.56 Å². The van der Waals surface area contributed by atoms with Gasteiger partial charge in [0.2, 0.25) is 0 Å². The average molecular weight is 221 g/mol. The van der Waals surface area contributed by atoms with Crippen LogP contribution in [0.1, 0.15) is 26.3 Å². The second-order valence-electron chi connectivity index (χ2n) is 4.42. The molecular formula is C14H23NO. The number of hydrogen-bond donors (Lipinski definition) is 1. The first-order valence-electron chi connectivity index (χ1n) is 6.06. The molecule has 0 bridgehead atoms.